The molecular formula is C21H27N7O2. The molecule has 3 aromatic rings. The molecule has 1 saturated heterocycles. The first-order valence-corrected chi connectivity index (χ1v) is 10.6. The van der Waals surface area contributed by atoms with Crippen molar-refractivity contribution in [3.05, 3.63) is 35.0 Å². The van der Waals surface area contributed by atoms with E-state index in [-0.39, 0.29) is 17.4 Å². The van der Waals surface area contributed by atoms with E-state index in [2.05, 4.69) is 41.0 Å². The Bertz CT molecular complexity index is 1100. The number of nitrogens with zero attached hydrogens (tertiary/aromatic N) is 7. The predicted octanol–water partition coefficient (Wildman–Crippen LogP) is 2.25. The zero-order chi connectivity index (χ0) is 21.0. The van der Waals surface area contributed by atoms with Crippen molar-refractivity contribution in [1.29, 1.82) is 0 Å². The number of rotatable bonds is 3. The second kappa shape index (κ2) is 6.78. The van der Waals surface area contributed by atoms with Gasteiger partial charge in [-0.2, -0.15) is 4.52 Å². The Hall–Kier alpha value is -2.97. The zero-order valence-corrected chi connectivity index (χ0v) is 17.9. The molecule has 9 nitrogen and oxygen atoms in total. The van der Waals surface area contributed by atoms with Crippen molar-refractivity contribution in [2.75, 3.05) is 25.0 Å². The van der Waals surface area contributed by atoms with Crippen LogP contribution in [0.3, 0.4) is 0 Å². The van der Waals surface area contributed by atoms with Gasteiger partial charge in [0.05, 0.1) is 6.04 Å². The number of hydrogen-bond acceptors (Lipinski definition) is 7. The van der Waals surface area contributed by atoms with Crippen LogP contribution >= 0.6 is 0 Å². The van der Waals surface area contributed by atoms with Crippen LogP contribution in [0.5, 0.6) is 0 Å². The Kier molecular flexibility index (Phi) is 4.30. The van der Waals surface area contributed by atoms with E-state index < -0.39 is 0 Å². The molecule has 30 heavy (non-hydrogen) atoms. The SMILES string of the molecule is CN(C(=O)c1noc2c1CCCC2)C1CN(c2ccc3nnc(C(C)(C)C)n3n2)C1. The summed E-state index contributed by atoms with van der Waals surface area (Å²) in [5.74, 6) is 2.53. The van der Waals surface area contributed by atoms with Crippen molar-refractivity contribution >= 4 is 17.4 Å². The molecule has 0 unspecified atom stereocenters. The van der Waals surface area contributed by atoms with Crippen LogP contribution in [0.1, 0.15) is 61.2 Å². The summed E-state index contributed by atoms with van der Waals surface area (Å²) in [6.07, 6.45) is 3.95. The summed E-state index contributed by atoms with van der Waals surface area (Å²) < 4.78 is 7.24. The third-order valence-corrected chi connectivity index (χ3v) is 6.13. The second-order valence-electron chi connectivity index (χ2n) is 9.35. The van der Waals surface area contributed by atoms with E-state index in [1.54, 1.807) is 4.90 Å². The third kappa shape index (κ3) is 3.03. The largest absolute Gasteiger partial charge is 0.360 e. The molecule has 0 radical (unpaired) electrons. The maximum absolute atomic E-state index is 13.0. The Balaban J connectivity index is 1.30. The highest BCUT2D eigenvalue weighted by molar-refractivity contribution is 5.94. The molecular weight excluding hydrogens is 382 g/mol. The summed E-state index contributed by atoms with van der Waals surface area (Å²) in [4.78, 5) is 17.0. The molecule has 2 aliphatic rings. The number of aromatic nitrogens is 5. The van der Waals surface area contributed by atoms with Crippen molar-refractivity contribution in [3.63, 3.8) is 0 Å². The molecule has 5 rings (SSSR count). The van der Waals surface area contributed by atoms with Crippen LogP contribution in [0, 0.1) is 0 Å². The Morgan fingerprint density at radius 3 is 2.70 bits per heavy atom. The van der Waals surface area contributed by atoms with Crippen LogP contribution in [0.15, 0.2) is 16.7 Å². The number of carbonyl (C=O) groups excluding carboxylic acids is 1. The summed E-state index contributed by atoms with van der Waals surface area (Å²) in [6.45, 7) is 7.75. The van der Waals surface area contributed by atoms with E-state index in [9.17, 15) is 4.79 Å². The fraction of sp³-hybridized carbons (Fsp3) is 0.571. The monoisotopic (exact) mass is 409 g/mol. The van der Waals surface area contributed by atoms with Crippen LogP contribution in [-0.4, -0.2) is 62.0 Å². The van der Waals surface area contributed by atoms with E-state index in [0.29, 0.717) is 5.69 Å². The molecule has 0 atom stereocenters. The molecule has 0 spiro atoms. The first kappa shape index (κ1) is 19.0. The average Bonchev–Trinajstić information content (AvgIpc) is 3.29. The van der Waals surface area contributed by atoms with Crippen LogP contribution in [0.25, 0.3) is 5.65 Å². The Morgan fingerprint density at radius 2 is 1.93 bits per heavy atom. The van der Waals surface area contributed by atoms with Gasteiger partial charge in [-0.15, -0.1) is 15.3 Å². The van der Waals surface area contributed by atoms with E-state index >= 15 is 0 Å². The quantitative estimate of drug-likeness (QED) is 0.655. The van der Waals surface area contributed by atoms with Gasteiger partial charge in [-0.05, 0) is 31.4 Å². The summed E-state index contributed by atoms with van der Waals surface area (Å²) in [5.41, 5.74) is 2.09. The first-order valence-electron chi connectivity index (χ1n) is 10.6. The average molecular weight is 409 g/mol. The van der Waals surface area contributed by atoms with Gasteiger partial charge in [0.1, 0.15) is 11.6 Å². The number of amides is 1. The van der Waals surface area contributed by atoms with Crippen LogP contribution in [0.4, 0.5) is 5.82 Å². The molecule has 1 fully saturated rings. The summed E-state index contributed by atoms with van der Waals surface area (Å²) >= 11 is 0. The highest BCUT2D eigenvalue weighted by Gasteiger charge is 2.36. The maximum Gasteiger partial charge on any atom is 0.276 e. The number of aryl methyl sites for hydroxylation is 1. The fourth-order valence-corrected chi connectivity index (χ4v) is 4.19. The van der Waals surface area contributed by atoms with Gasteiger partial charge in [0, 0.05) is 37.5 Å². The van der Waals surface area contributed by atoms with Crippen LogP contribution in [-0.2, 0) is 18.3 Å². The minimum absolute atomic E-state index is 0.0520. The summed E-state index contributed by atoms with van der Waals surface area (Å²) in [6, 6.07) is 4.02. The van der Waals surface area contributed by atoms with Gasteiger partial charge in [-0.1, -0.05) is 25.9 Å². The van der Waals surface area contributed by atoms with Crippen molar-refractivity contribution < 1.29 is 9.32 Å². The number of likely N-dealkylation sites (N-methyl/N-ethyl adjacent to an activating group) is 1. The van der Waals surface area contributed by atoms with Crippen molar-refractivity contribution in [2.24, 2.45) is 0 Å². The molecule has 0 aromatic carbocycles. The topological polar surface area (TPSA) is 92.7 Å². The molecule has 9 heteroatoms. The molecule has 1 aliphatic carbocycles. The highest BCUT2D eigenvalue weighted by atomic mass is 16.5. The van der Waals surface area contributed by atoms with Gasteiger partial charge in [0.25, 0.3) is 5.91 Å². The molecule has 0 bridgehead atoms. The molecule has 0 saturated carbocycles. The fourth-order valence-electron chi connectivity index (χ4n) is 4.19. The Labute approximate surface area is 175 Å². The van der Waals surface area contributed by atoms with E-state index in [1.165, 1.54) is 0 Å². The standard InChI is InChI=1S/C21H27N7O2/c1-21(2,3)20-23-22-16-9-10-17(24-28(16)20)27-11-13(12-27)26(4)19(29)18-14-7-5-6-8-15(14)30-25-18/h9-10,13H,5-8,11-12H2,1-4H3. The van der Waals surface area contributed by atoms with Gasteiger partial charge in [0.2, 0.25) is 0 Å². The van der Waals surface area contributed by atoms with Gasteiger partial charge in [0.15, 0.2) is 17.2 Å². The van der Waals surface area contributed by atoms with Crippen molar-refractivity contribution in [3.8, 4) is 0 Å². The molecule has 1 aliphatic heterocycles. The van der Waals surface area contributed by atoms with Crippen molar-refractivity contribution in [2.45, 2.75) is 57.9 Å². The number of carbonyl (C=O) groups is 1. The highest BCUT2D eigenvalue weighted by Crippen LogP contribution is 2.28. The molecule has 0 N–H and O–H groups in total. The van der Waals surface area contributed by atoms with Crippen molar-refractivity contribution in [1.82, 2.24) is 29.9 Å². The normalized spacial score (nSPS) is 17.1. The third-order valence-electron chi connectivity index (χ3n) is 6.13. The van der Waals surface area contributed by atoms with Crippen LogP contribution < -0.4 is 4.90 Å². The lowest BCUT2D eigenvalue weighted by molar-refractivity contribution is 0.0693. The predicted molar refractivity (Wildman–Crippen MR) is 111 cm³/mol. The van der Waals surface area contributed by atoms with Gasteiger partial charge in [-0.3, -0.25) is 4.79 Å². The lowest BCUT2D eigenvalue weighted by Gasteiger charge is -2.44. The van der Waals surface area contributed by atoms with Gasteiger partial charge >= 0.3 is 0 Å². The summed E-state index contributed by atoms with van der Waals surface area (Å²) in [5, 5.41) is 17.4. The maximum atomic E-state index is 13.0. The lowest BCUT2D eigenvalue weighted by atomic mass is 9.96. The van der Waals surface area contributed by atoms with E-state index in [1.807, 2.05) is 23.7 Å². The molecule has 3 aromatic heterocycles. The van der Waals surface area contributed by atoms with Gasteiger partial charge in [-0.25, -0.2) is 0 Å². The molecule has 4 heterocycles. The smallest absolute Gasteiger partial charge is 0.276 e. The lowest BCUT2D eigenvalue weighted by Crippen LogP contribution is -2.60. The molecule has 1 amide bonds. The number of fused-ring (bicyclic) bond motifs is 2. The minimum Gasteiger partial charge on any atom is -0.360 e. The number of hydrogen-bond donors (Lipinski definition) is 0. The first-order chi connectivity index (χ1) is 14.3. The zero-order valence-electron chi connectivity index (χ0n) is 17.9. The van der Waals surface area contributed by atoms with Crippen LogP contribution in [0.2, 0.25) is 0 Å². The Morgan fingerprint density at radius 1 is 1.17 bits per heavy atom. The molecule has 158 valence electrons. The minimum atomic E-state index is -0.147. The van der Waals surface area contributed by atoms with E-state index in [0.717, 1.165) is 67.4 Å². The second-order valence-corrected chi connectivity index (χ2v) is 9.35. The number of anilines is 1. The summed E-state index contributed by atoms with van der Waals surface area (Å²) in [7, 11) is 1.85. The van der Waals surface area contributed by atoms with Gasteiger partial charge < -0.3 is 14.3 Å². The van der Waals surface area contributed by atoms with E-state index in [4.69, 9.17) is 9.62 Å².